The zero-order valence-corrected chi connectivity index (χ0v) is 16.5. The van der Waals surface area contributed by atoms with E-state index in [1.165, 1.54) is 71.6 Å². The molecule has 0 heterocycles. The second-order valence-electron chi connectivity index (χ2n) is 8.15. The summed E-state index contributed by atoms with van der Waals surface area (Å²) >= 11 is 0. The van der Waals surface area contributed by atoms with Gasteiger partial charge in [-0.2, -0.15) is 0 Å². The van der Waals surface area contributed by atoms with Crippen LogP contribution in [0.5, 0.6) is 0 Å². The van der Waals surface area contributed by atoms with Crippen LogP contribution in [0.25, 0.3) is 28.0 Å². The molecule has 0 aromatic heterocycles. The van der Waals surface area contributed by atoms with E-state index in [1.54, 1.807) is 0 Å². The molecule has 0 bridgehead atoms. The SMILES string of the molecule is C=Cc1ccc2cc(-c3ccc(C4CCC(CCC)CC4)cc3)ccc2c1. The Morgan fingerprint density at radius 3 is 2.19 bits per heavy atom. The quantitative estimate of drug-likeness (QED) is 0.433. The van der Waals surface area contributed by atoms with Crippen molar-refractivity contribution in [1.29, 1.82) is 0 Å². The fourth-order valence-electron chi connectivity index (χ4n) is 4.71. The second-order valence-corrected chi connectivity index (χ2v) is 8.15. The Bertz CT molecular complexity index is 908. The van der Waals surface area contributed by atoms with Gasteiger partial charge >= 0.3 is 0 Å². The number of hydrogen-bond donors (Lipinski definition) is 0. The monoisotopic (exact) mass is 354 g/mol. The Kier molecular flexibility index (Phi) is 5.43. The van der Waals surface area contributed by atoms with E-state index in [-0.39, 0.29) is 0 Å². The van der Waals surface area contributed by atoms with E-state index in [1.807, 2.05) is 6.08 Å². The molecule has 1 aliphatic rings. The van der Waals surface area contributed by atoms with Crippen molar-refractivity contribution in [2.24, 2.45) is 5.92 Å². The van der Waals surface area contributed by atoms with Crippen LogP contribution in [-0.4, -0.2) is 0 Å². The van der Waals surface area contributed by atoms with Crippen LogP contribution in [0.2, 0.25) is 0 Å². The number of benzene rings is 3. The average Bonchev–Trinajstić information content (AvgIpc) is 2.74. The molecule has 0 nitrogen and oxygen atoms in total. The van der Waals surface area contributed by atoms with Gasteiger partial charge in [-0.3, -0.25) is 0 Å². The molecule has 0 spiro atoms. The van der Waals surface area contributed by atoms with Gasteiger partial charge in [-0.15, -0.1) is 0 Å². The minimum atomic E-state index is 0.765. The number of fused-ring (bicyclic) bond motifs is 1. The third-order valence-corrected chi connectivity index (χ3v) is 6.36. The predicted molar refractivity (Wildman–Crippen MR) is 119 cm³/mol. The minimum absolute atomic E-state index is 0.765. The maximum absolute atomic E-state index is 3.86. The lowest BCUT2D eigenvalue weighted by Gasteiger charge is -2.28. The normalized spacial score (nSPS) is 19.9. The molecule has 0 saturated heterocycles. The predicted octanol–water partition coefficient (Wildman–Crippen LogP) is 8.22. The van der Waals surface area contributed by atoms with Crippen LogP contribution in [-0.2, 0) is 0 Å². The second kappa shape index (κ2) is 8.13. The summed E-state index contributed by atoms with van der Waals surface area (Å²) < 4.78 is 0. The van der Waals surface area contributed by atoms with Gasteiger partial charge in [0.25, 0.3) is 0 Å². The molecule has 0 amide bonds. The van der Waals surface area contributed by atoms with Gasteiger partial charge in [-0.05, 0) is 82.7 Å². The molecular weight excluding hydrogens is 324 g/mol. The zero-order chi connectivity index (χ0) is 18.6. The molecule has 3 aromatic rings. The van der Waals surface area contributed by atoms with Gasteiger partial charge < -0.3 is 0 Å². The van der Waals surface area contributed by atoms with Crippen molar-refractivity contribution >= 4 is 16.8 Å². The first kappa shape index (κ1) is 18.0. The lowest BCUT2D eigenvalue weighted by Crippen LogP contribution is -2.13. The first-order chi connectivity index (χ1) is 13.3. The molecule has 0 heteroatoms. The maximum Gasteiger partial charge on any atom is -0.0162 e. The molecule has 138 valence electrons. The molecule has 0 radical (unpaired) electrons. The Balaban J connectivity index is 1.50. The van der Waals surface area contributed by atoms with Crippen LogP contribution in [0.1, 0.15) is 62.5 Å². The summed E-state index contributed by atoms with van der Waals surface area (Å²) in [6.45, 7) is 6.18. The van der Waals surface area contributed by atoms with Crippen LogP contribution >= 0.6 is 0 Å². The van der Waals surface area contributed by atoms with E-state index >= 15 is 0 Å². The van der Waals surface area contributed by atoms with Crippen LogP contribution in [0, 0.1) is 5.92 Å². The van der Waals surface area contributed by atoms with E-state index in [2.05, 4.69) is 74.2 Å². The molecule has 27 heavy (non-hydrogen) atoms. The molecule has 1 fully saturated rings. The van der Waals surface area contributed by atoms with Crippen molar-refractivity contribution in [3.8, 4) is 11.1 Å². The number of hydrogen-bond acceptors (Lipinski definition) is 0. The molecule has 1 saturated carbocycles. The van der Waals surface area contributed by atoms with Crippen molar-refractivity contribution < 1.29 is 0 Å². The van der Waals surface area contributed by atoms with E-state index in [4.69, 9.17) is 0 Å². The van der Waals surface area contributed by atoms with Crippen LogP contribution < -0.4 is 0 Å². The molecular formula is C27H30. The van der Waals surface area contributed by atoms with Crippen molar-refractivity contribution in [1.82, 2.24) is 0 Å². The Morgan fingerprint density at radius 2 is 1.48 bits per heavy atom. The van der Waals surface area contributed by atoms with Crippen molar-refractivity contribution in [3.05, 3.63) is 78.4 Å². The first-order valence-corrected chi connectivity index (χ1v) is 10.5. The summed E-state index contributed by atoms with van der Waals surface area (Å²) in [4.78, 5) is 0. The highest BCUT2D eigenvalue weighted by atomic mass is 14.3. The van der Waals surface area contributed by atoms with E-state index < -0.39 is 0 Å². The van der Waals surface area contributed by atoms with Gasteiger partial charge in [0.2, 0.25) is 0 Å². The molecule has 0 N–H and O–H groups in total. The van der Waals surface area contributed by atoms with Gasteiger partial charge in [0.15, 0.2) is 0 Å². The maximum atomic E-state index is 3.86. The van der Waals surface area contributed by atoms with Crippen LogP contribution in [0.4, 0.5) is 0 Å². The highest BCUT2D eigenvalue weighted by Crippen LogP contribution is 2.38. The largest absolute Gasteiger partial charge is 0.0985 e. The highest BCUT2D eigenvalue weighted by molar-refractivity contribution is 5.88. The standard InChI is InChI=1S/C27H30/c1-3-5-21-7-9-22(10-8-21)23-12-14-24(15-13-23)26-17-16-25-18-20(4-2)6-11-27(25)19-26/h4,6,11-19,21-22H,2-3,5,7-10H2,1H3. The molecule has 1 aliphatic carbocycles. The fraction of sp³-hybridized carbons (Fsp3) is 0.333. The molecule has 3 aromatic carbocycles. The minimum Gasteiger partial charge on any atom is -0.0985 e. The van der Waals surface area contributed by atoms with Gasteiger partial charge in [0, 0.05) is 0 Å². The van der Waals surface area contributed by atoms with Crippen molar-refractivity contribution in [2.45, 2.75) is 51.4 Å². The van der Waals surface area contributed by atoms with Crippen LogP contribution in [0.3, 0.4) is 0 Å². The Morgan fingerprint density at radius 1 is 0.815 bits per heavy atom. The molecule has 0 atom stereocenters. The topological polar surface area (TPSA) is 0 Å². The smallest absolute Gasteiger partial charge is 0.0162 e. The zero-order valence-electron chi connectivity index (χ0n) is 16.5. The molecule has 0 unspecified atom stereocenters. The fourth-order valence-corrected chi connectivity index (χ4v) is 4.71. The molecule has 0 aliphatic heterocycles. The highest BCUT2D eigenvalue weighted by Gasteiger charge is 2.21. The summed E-state index contributed by atoms with van der Waals surface area (Å²) in [5, 5.41) is 2.56. The summed E-state index contributed by atoms with van der Waals surface area (Å²) in [5.74, 6) is 1.74. The van der Waals surface area contributed by atoms with Crippen LogP contribution in [0.15, 0.2) is 67.2 Å². The van der Waals surface area contributed by atoms with Gasteiger partial charge in [-0.25, -0.2) is 0 Å². The third-order valence-electron chi connectivity index (χ3n) is 6.36. The first-order valence-electron chi connectivity index (χ1n) is 10.5. The number of rotatable bonds is 5. The van der Waals surface area contributed by atoms with Gasteiger partial charge in [0.1, 0.15) is 0 Å². The van der Waals surface area contributed by atoms with Gasteiger partial charge in [-0.1, -0.05) is 81.0 Å². The van der Waals surface area contributed by atoms with E-state index in [0.29, 0.717) is 0 Å². The average molecular weight is 355 g/mol. The summed E-state index contributed by atoms with van der Waals surface area (Å²) in [6.07, 6.45) is 10.2. The third kappa shape index (κ3) is 4.00. The van der Waals surface area contributed by atoms with E-state index in [9.17, 15) is 0 Å². The lowest BCUT2D eigenvalue weighted by molar-refractivity contribution is 0.308. The van der Waals surface area contributed by atoms with Gasteiger partial charge in [0.05, 0.1) is 0 Å². The summed E-state index contributed by atoms with van der Waals surface area (Å²) in [6, 6.07) is 22.6. The lowest BCUT2D eigenvalue weighted by atomic mass is 9.77. The van der Waals surface area contributed by atoms with Crippen molar-refractivity contribution in [3.63, 3.8) is 0 Å². The van der Waals surface area contributed by atoms with Crippen molar-refractivity contribution in [2.75, 3.05) is 0 Å². The van der Waals surface area contributed by atoms with E-state index in [0.717, 1.165) is 11.8 Å². The Hall–Kier alpha value is -2.34. The molecule has 4 rings (SSSR count). The summed E-state index contributed by atoms with van der Waals surface area (Å²) in [5.41, 5.74) is 5.32. The Labute approximate surface area is 163 Å². The summed E-state index contributed by atoms with van der Waals surface area (Å²) in [7, 11) is 0.